The second-order valence-electron chi connectivity index (χ2n) is 4.51. The molecule has 4 heteroatoms. The quantitative estimate of drug-likeness (QED) is 0.856. The first-order valence-electron chi connectivity index (χ1n) is 6.38. The second-order valence-corrected chi connectivity index (χ2v) is 5.57. The van der Waals surface area contributed by atoms with Gasteiger partial charge in [-0.15, -0.1) is 11.3 Å². The van der Waals surface area contributed by atoms with Gasteiger partial charge in [0.1, 0.15) is 0 Å². The van der Waals surface area contributed by atoms with Crippen LogP contribution in [0.3, 0.4) is 0 Å². The SMILES string of the molecule is CCN(C(=O)Cc1csc(C)n1)c1cccc(C)c1. The summed E-state index contributed by atoms with van der Waals surface area (Å²) in [7, 11) is 0. The Hall–Kier alpha value is -1.68. The third kappa shape index (κ3) is 3.41. The summed E-state index contributed by atoms with van der Waals surface area (Å²) >= 11 is 1.58. The maximum absolute atomic E-state index is 12.4. The molecular weight excluding hydrogens is 256 g/mol. The van der Waals surface area contributed by atoms with E-state index in [1.54, 1.807) is 11.3 Å². The number of anilines is 1. The molecular formula is C15H18N2OS. The van der Waals surface area contributed by atoms with Crippen LogP contribution in [-0.2, 0) is 11.2 Å². The molecule has 0 saturated heterocycles. The Labute approximate surface area is 117 Å². The molecule has 1 aromatic heterocycles. The number of rotatable bonds is 4. The summed E-state index contributed by atoms with van der Waals surface area (Å²) in [6.45, 7) is 6.65. The molecule has 0 saturated carbocycles. The van der Waals surface area contributed by atoms with Gasteiger partial charge in [0.05, 0.1) is 17.1 Å². The number of aryl methyl sites for hydroxylation is 2. The lowest BCUT2D eigenvalue weighted by Gasteiger charge is -2.21. The largest absolute Gasteiger partial charge is 0.312 e. The van der Waals surface area contributed by atoms with Crippen molar-refractivity contribution in [3.63, 3.8) is 0 Å². The monoisotopic (exact) mass is 274 g/mol. The number of hydrogen-bond acceptors (Lipinski definition) is 3. The average molecular weight is 274 g/mol. The fourth-order valence-electron chi connectivity index (χ4n) is 2.04. The van der Waals surface area contributed by atoms with Crippen LogP contribution >= 0.6 is 11.3 Å². The molecule has 0 aliphatic heterocycles. The van der Waals surface area contributed by atoms with Crippen molar-refractivity contribution in [1.29, 1.82) is 0 Å². The number of benzene rings is 1. The normalized spacial score (nSPS) is 10.5. The van der Waals surface area contributed by atoms with Gasteiger partial charge in [-0.1, -0.05) is 12.1 Å². The molecule has 2 rings (SSSR count). The smallest absolute Gasteiger partial charge is 0.233 e. The summed E-state index contributed by atoms with van der Waals surface area (Å²) < 4.78 is 0. The lowest BCUT2D eigenvalue weighted by atomic mass is 10.2. The molecule has 2 aromatic rings. The van der Waals surface area contributed by atoms with Crippen molar-refractivity contribution < 1.29 is 4.79 Å². The number of carbonyl (C=O) groups is 1. The molecule has 1 heterocycles. The first kappa shape index (κ1) is 13.7. The van der Waals surface area contributed by atoms with Gasteiger partial charge in [0.2, 0.25) is 5.91 Å². The van der Waals surface area contributed by atoms with Crippen molar-refractivity contribution in [3.05, 3.63) is 45.9 Å². The third-order valence-corrected chi connectivity index (χ3v) is 3.75. The Balaban J connectivity index is 2.15. The molecule has 0 bridgehead atoms. The highest BCUT2D eigenvalue weighted by Gasteiger charge is 2.15. The van der Waals surface area contributed by atoms with E-state index in [9.17, 15) is 4.79 Å². The first-order chi connectivity index (χ1) is 9.10. The van der Waals surface area contributed by atoms with Crippen LogP contribution in [0.15, 0.2) is 29.6 Å². The molecule has 19 heavy (non-hydrogen) atoms. The van der Waals surface area contributed by atoms with Crippen LogP contribution in [0, 0.1) is 13.8 Å². The molecule has 0 radical (unpaired) electrons. The molecule has 0 fully saturated rings. The van der Waals surface area contributed by atoms with E-state index in [2.05, 4.69) is 4.98 Å². The summed E-state index contributed by atoms with van der Waals surface area (Å²) in [5.41, 5.74) is 2.98. The fourth-order valence-corrected chi connectivity index (χ4v) is 2.65. The van der Waals surface area contributed by atoms with Crippen molar-refractivity contribution in [2.75, 3.05) is 11.4 Å². The van der Waals surface area contributed by atoms with E-state index in [1.807, 2.05) is 55.3 Å². The standard InChI is InChI=1S/C15H18N2OS/c1-4-17(14-7-5-6-11(2)8-14)15(18)9-13-10-19-12(3)16-13/h5-8,10H,4,9H2,1-3H3. The van der Waals surface area contributed by atoms with Crippen LogP contribution in [0.4, 0.5) is 5.69 Å². The van der Waals surface area contributed by atoms with Gasteiger partial charge < -0.3 is 4.90 Å². The van der Waals surface area contributed by atoms with Crippen LogP contribution < -0.4 is 4.90 Å². The van der Waals surface area contributed by atoms with Crippen molar-refractivity contribution in [1.82, 2.24) is 4.98 Å². The van der Waals surface area contributed by atoms with E-state index in [-0.39, 0.29) is 5.91 Å². The Kier molecular flexibility index (Phi) is 4.32. The minimum absolute atomic E-state index is 0.0957. The van der Waals surface area contributed by atoms with Gasteiger partial charge in [0, 0.05) is 17.6 Å². The van der Waals surface area contributed by atoms with Gasteiger partial charge in [-0.2, -0.15) is 0 Å². The molecule has 3 nitrogen and oxygen atoms in total. The number of hydrogen-bond donors (Lipinski definition) is 0. The molecule has 0 N–H and O–H groups in total. The summed E-state index contributed by atoms with van der Waals surface area (Å²) in [5, 5.41) is 2.96. The molecule has 1 amide bonds. The minimum Gasteiger partial charge on any atom is -0.312 e. The molecule has 0 unspecified atom stereocenters. The topological polar surface area (TPSA) is 33.2 Å². The summed E-state index contributed by atoms with van der Waals surface area (Å²) in [4.78, 5) is 18.5. The molecule has 0 atom stereocenters. The third-order valence-electron chi connectivity index (χ3n) is 2.93. The van der Waals surface area contributed by atoms with Crippen LogP contribution in [0.1, 0.15) is 23.2 Å². The van der Waals surface area contributed by atoms with E-state index in [0.29, 0.717) is 13.0 Å². The number of amides is 1. The highest BCUT2D eigenvalue weighted by Crippen LogP contribution is 2.17. The molecule has 0 aliphatic carbocycles. The van der Waals surface area contributed by atoms with E-state index in [1.165, 1.54) is 0 Å². The van der Waals surface area contributed by atoms with Gasteiger partial charge >= 0.3 is 0 Å². The van der Waals surface area contributed by atoms with Gasteiger partial charge in [0.25, 0.3) is 0 Å². The number of aromatic nitrogens is 1. The van der Waals surface area contributed by atoms with Crippen molar-refractivity contribution >= 4 is 22.9 Å². The molecule has 1 aromatic carbocycles. The highest BCUT2D eigenvalue weighted by molar-refractivity contribution is 7.09. The van der Waals surface area contributed by atoms with Crippen LogP contribution in [-0.4, -0.2) is 17.4 Å². The maximum atomic E-state index is 12.4. The van der Waals surface area contributed by atoms with E-state index < -0.39 is 0 Å². The zero-order chi connectivity index (χ0) is 13.8. The van der Waals surface area contributed by atoms with Gasteiger partial charge in [-0.3, -0.25) is 4.79 Å². The number of likely N-dealkylation sites (N-methyl/N-ethyl adjacent to an activating group) is 1. The van der Waals surface area contributed by atoms with Crippen LogP contribution in [0.5, 0.6) is 0 Å². The predicted molar refractivity (Wildman–Crippen MR) is 79.8 cm³/mol. The summed E-state index contributed by atoms with van der Waals surface area (Å²) in [5.74, 6) is 0.0957. The molecule has 0 spiro atoms. The maximum Gasteiger partial charge on any atom is 0.233 e. The average Bonchev–Trinajstić information content (AvgIpc) is 2.75. The predicted octanol–water partition coefficient (Wildman–Crippen LogP) is 3.36. The van der Waals surface area contributed by atoms with Crippen molar-refractivity contribution in [2.45, 2.75) is 27.2 Å². The Morgan fingerprint density at radius 1 is 1.37 bits per heavy atom. The number of carbonyl (C=O) groups excluding carboxylic acids is 1. The zero-order valence-electron chi connectivity index (χ0n) is 11.5. The second kappa shape index (κ2) is 5.97. The van der Waals surface area contributed by atoms with Crippen LogP contribution in [0.25, 0.3) is 0 Å². The Bertz CT molecular complexity index is 577. The van der Waals surface area contributed by atoms with Crippen molar-refractivity contribution in [2.24, 2.45) is 0 Å². The Morgan fingerprint density at radius 2 is 2.16 bits per heavy atom. The van der Waals surface area contributed by atoms with Gasteiger partial charge in [0.15, 0.2) is 0 Å². The molecule has 100 valence electrons. The van der Waals surface area contributed by atoms with Crippen LogP contribution in [0.2, 0.25) is 0 Å². The molecule has 0 aliphatic rings. The lowest BCUT2D eigenvalue weighted by molar-refractivity contribution is -0.118. The van der Waals surface area contributed by atoms with E-state index in [0.717, 1.165) is 22.0 Å². The highest BCUT2D eigenvalue weighted by atomic mass is 32.1. The van der Waals surface area contributed by atoms with Gasteiger partial charge in [-0.25, -0.2) is 4.98 Å². The number of thiazole rings is 1. The van der Waals surface area contributed by atoms with E-state index >= 15 is 0 Å². The van der Waals surface area contributed by atoms with Gasteiger partial charge in [-0.05, 0) is 38.5 Å². The first-order valence-corrected chi connectivity index (χ1v) is 7.26. The minimum atomic E-state index is 0.0957. The number of nitrogens with zero attached hydrogens (tertiary/aromatic N) is 2. The summed E-state index contributed by atoms with van der Waals surface area (Å²) in [6.07, 6.45) is 0.367. The Morgan fingerprint density at radius 3 is 2.74 bits per heavy atom. The lowest BCUT2D eigenvalue weighted by Crippen LogP contribution is -2.32. The zero-order valence-corrected chi connectivity index (χ0v) is 12.3. The van der Waals surface area contributed by atoms with E-state index in [4.69, 9.17) is 0 Å². The van der Waals surface area contributed by atoms with Crippen molar-refractivity contribution in [3.8, 4) is 0 Å². The fraction of sp³-hybridized carbons (Fsp3) is 0.333. The summed E-state index contributed by atoms with van der Waals surface area (Å²) in [6, 6.07) is 8.02.